The lowest BCUT2D eigenvalue weighted by Gasteiger charge is -2.03. The number of aliphatic hydroxyl groups is 1. The lowest BCUT2D eigenvalue weighted by molar-refractivity contribution is 0.311. The molecule has 0 bridgehead atoms. The van der Waals surface area contributed by atoms with Gasteiger partial charge in [-0.05, 0) is 52.3 Å². The average molecular weight is 366 g/mol. The summed E-state index contributed by atoms with van der Waals surface area (Å²) in [6.07, 6.45) is 0. The van der Waals surface area contributed by atoms with Gasteiger partial charge in [-0.1, -0.05) is 5.16 Å². The fourth-order valence-corrected chi connectivity index (χ4v) is 3.12. The Kier molecular flexibility index (Phi) is 4.33. The van der Waals surface area contributed by atoms with Gasteiger partial charge in [-0.3, -0.25) is 0 Å². The first-order valence-electron chi connectivity index (χ1n) is 6.31. The van der Waals surface area contributed by atoms with Crippen molar-refractivity contribution in [3.63, 3.8) is 0 Å². The van der Waals surface area contributed by atoms with E-state index in [1.165, 1.54) is 0 Å². The molecule has 2 heterocycles. The number of hydrogen-bond donors (Lipinski definition) is 2. The molecule has 0 fully saturated rings. The van der Waals surface area contributed by atoms with Crippen LogP contribution < -0.4 is 5.32 Å². The number of nitrogens with zero attached hydrogens (tertiary/aromatic N) is 2. The summed E-state index contributed by atoms with van der Waals surface area (Å²) in [4.78, 5) is 5.36. The van der Waals surface area contributed by atoms with E-state index in [-0.39, 0.29) is 6.61 Å². The van der Waals surface area contributed by atoms with E-state index in [0.717, 1.165) is 19.9 Å². The Morgan fingerprint density at radius 2 is 2.00 bits per heavy atom. The average Bonchev–Trinajstić information content (AvgIpc) is 3.14. The summed E-state index contributed by atoms with van der Waals surface area (Å²) in [5, 5.41) is 15.9. The topological polar surface area (TPSA) is 71.2 Å². The molecule has 0 saturated heterocycles. The molecular formula is C14H12BrN3O2S. The van der Waals surface area contributed by atoms with Crippen LogP contribution in [0.1, 0.15) is 0 Å². The second-order valence-corrected chi connectivity index (χ2v) is 6.72. The van der Waals surface area contributed by atoms with Crippen LogP contribution in [-0.2, 0) is 0 Å². The number of aliphatic hydroxyl groups excluding tert-OH is 1. The smallest absolute Gasteiger partial charge is 0.258 e. The molecule has 0 aliphatic carbocycles. The van der Waals surface area contributed by atoms with Crippen LogP contribution in [0, 0.1) is 0 Å². The van der Waals surface area contributed by atoms with Crippen molar-refractivity contribution in [3.8, 4) is 22.2 Å². The van der Waals surface area contributed by atoms with E-state index in [4.69, 9.17) is 9.63 Å². The van der Waals surface area contributed by atoms with Gasteiger partial charge >= 0.3 is 0 Å². The van der Waals surface area contributed by atoms with Gasteiger partial charge < -0.3 is 14.9 Å². The van der Waals surface area contributed by atoms with Gasteiger partial charge in [-0.2, -0.15) is 4.98 Å². The molecule has 1 aromatic carbocycles. The highest BCUT2D eigenvalue weighted by Crippen LogP contribution is 2.30. The molecule has 5 nitrogen and oxygen atoms in total. The number of rotatable bonds is 5. The molecular weight excluding hydrogens is 354 g/mol. The third kappa shape index (κ3) is 3.31. The van der Waals surface area contributed by atoms with Crippen LogP contribution >= 0.6 is 27.3 Å². The first-order chi connectivity index (χ1) is 10.3. The molecule has 2 aromatic heterocycles. The van der Waals surface area contributed by atoms with E-state index >= 15 is 0 Å². The number of aromatic nitrogens is 2. The van der Waals surface area contributed by atoms with Crippen LogP contribution in [0.15, 0.2) is 44.7 Å². The predicted octanol–water partition coefficient (Wildman–Crippen LogP) is 3.63. The fourth-order valence-electron chi connectivity index (χ4n) is 1.81. The second-order valence-electron chi connectivity index (χ2n) is 4.25. The Hall–Kier alpha value is -1.70. The summed E-state index contributed by atoms with van der Waals surface area (Å²) in [7, 11) is 0. The Bertz CT molecular complexity index is 724. The van der Waals surface area contributed by atoms with Crippen molar-refractivity contribution in [3.05, 3.63) is 40.2 Å². The quantitative estimate of drug-likeness (QED) is 0.722. The van der Waals surface area contributed by atoms with Gasteiger partial charge in [-0.15, -0.1) is 11.3 Å². The number of thiophene rings is 1. The van der Waals surface area contributed by atoms with E-state index in [1.54, 1.807) is 11.3 Å². The molecule has 0 amide bonds. The molecule has 3 rings (SSSR count). The summed E-state index contributed by atoms with van der Waals surface area (Å²) in [5.41, 5.74) is 1.80. The van der Waals surface area contributed by atoms with Gasteiger partial charge in [0.1, 0.15) is 0 Å². The Balaban J connectivity index is 1.79. The van der Waals surface area contributed by atoms with Gasteiger partial charge in [0.05, 0.1) is 15.3 Å². The minimum atomic E-state index is 0.102. The maximum atomic E-state index is 8.77. The van der Waals surface area contributed by atoms with Crippen molar-refractivity contribution in [2.24, 2.45) is 0 Å². The predicted molar refractivity (Wildman–Crippen MR) is 86.3 cm³/mol. The number of halogens is 1. The van der Waals surface area contributed by atoms with Gasteiger partial charge in [0.15, 0.2) is 0 Å². The van der Waals surface area contributed by atoms with Crippen LogP contribution in [0.5, 0.6) is 0 Å². The molecule has 7 heteroatoms. The van der Waals surface area contributed by atoms with Gasteiger partial charge in [-0.25, -0.2) is 0 Å². The van der Waals surface area contributed by atoms with Crippen molar-refractivity contribution >= 4 is 33.0 Å². The van der Waals surface area contributed by atoms with Gasteiger partial charge in [0.25, 0.3) is 5.89 Å². The van der Waals surface area contributed by atoms with Crippen LogP contribution in [0.25, 0.3) is 22.2 Å². The summed E-state index contributed by atoms with van der Waals surface area (Å²) >= 11 is 4.98. The van der Waals surface area contributed by atoms with Crippen LogP contribution in [0.4, 0.5) is 5.69 Å². The molecule has 2 N–H and O–H groups in total. The van der Waals surface area contributed by atoms with Gasteiger partial charge in [0, 0.05) is 17.8 Å². The molecule has 0 aliphatic heterocycles. The highest BCUT2D eigenvalue weighted by atomic mass is 79.9. The lowest BCUT2D eigenvalue weighted by atomic mass is 10.2. The molecule has 0 spiro atoms. The van der Waals surface area contributed by atoms with Crippen molar-refractivity contribution < 1.29 is 9.63 Å². The Morgan fingerprint density at radius 3 is 2.67 bits per heavy atom. The third-order valence-corrected chi connectivity index (χ3v) is 4.41. The Labute approximate surface area is 133 Å². The summed E-state index contributed by atoms with van der Waals surface area (Å²) in [5.74, 6) is 1.08. The minimum Gasteiger partial charge on any atom is -0.395 e. The van der Waals surface area contributed by atoms with E-state index in [2.05, 4.69) is 31.4 Å². The van der Waals surface area contributed by atoms with Crippen LogP contribution in [0.3, 0.4) is 0 Å². The third-order valence-electron chi connectivity index (χ3n) is 2.79. The summed E-state index contributed by atoms with van der Waals surface area (Å²) < 4.78 is 6.34. The van der Waals surface area contributed by atoms with Crippen LogP contribution in [-0.4, -0.2) is 28.4 Å². The molecule has 0 atom stereocenters. The first kappa shape index (κ1) is 14.2. The largest absolute Gasteiger partial charge is 0.395 e. The number of nitrogens with one attached hydrogen (secondary N) is 1. The molecule has 108 valence electrons. The van der Waals surface area contributed by atoms with Crippen molar-refractivity contribution in [1.29, 1.82) is 0 Å². The monoisotopic (exact) mass is 365 g/mol. The Morgan fingerprint density at radius 1 is 1.19 bits per heavy atom. The van der Waals surface area contributed by atoms with Crippen molar-refractivity contribution in [1.82, 2.24) is 10.1 Å². The van der Waals surface area contributed by atoms with Crippen molar-refractivity contribution in [2.75, 3.05) is 18.5 Å². The fraction of sp³-hybridized carbons (Fsp3) is 0.143. The highest BCUT2D eigenvalue weighted by molar-refractivity contribution is 9.11. The second kappa shape index (κ2) is 6.38. The minimum absolute atomic E-state index is 0.102. The number of hydrogen-bond acceptors (Lipinski definition) is 6. The van der Waals surface area contributed by atoms with E-state index in [9.17, 15) is 0 Å². The molecule has 21 heavy (non-hydrogen) atoms. The molecule has 0 saturated carbocycles. The SMILES string of the molecule is OCCNc1ccc(-c2nc(-c3ccc(Br)s3)no2)cc1. The maximum Gasteiger partial charge on any atom is 0.258 e. The van der Waals surface area contributed by atoms with Crippen LogP contribution in [0.2, 0.25) is 0 Å². The number of anilines is 1. The zero-order valence-electron chi connectivity index (χ0n) is 10.9. The first-order valence-corrected chi connectivity index (χ1v) is 7.92. The normalized spacial score (nSPS) is 10.8. The molecule has 0 unspecified atom stereocenters. The van der Waals surface area contributed by atoms with E-state index in [0.29, 0.717) is 18.3 Å². The van der Waals surface area contributed by atoms with Gasteiger partial charge in [0.2, 0.25) is 5.82 Å². The zero-order valence-corrected chi connectivity index (χ0v) is 13.3. The standard InChI is InChI=1S/C14H12BrN3O2S/c15-12-6-5-11(21-12)13-17-14(20-18-13)9-1-3-10(4-2-9)16-7-8-19/h1-6,16,19H,7-8H2. The highest BCUT2D eigenvalue weighted by Gasteiger charge is 2.12. The maximum absolute atomic E-state index is 8.77. The summed E-state index contributed by atoms with van der Waals surface area (Å²) in [6.45, 7) is 0.627. The van der Waals surface area contributed by atoms with Crippen molar-refractivity contribution in [2.45, 2.75) is 0 Å². The zero-order chi connectivity index (χ0) is 14.7. The molecule has 3 aromatic rings. The number of benzene rings is 1. The van der Waals surface area contributed by atoms with E-state index in [1.807, 2.05) is 36.4 Å². The summed E-state index contributed by atoms with van der Waals surface area (Å²) in [6, 6.07) is 11.5. The van der Waals surface area contributed by atoms with E-state index < -0.39 is 0 Å². The molecule has 0 radical (unpaired) electrons. The lowest BCUT2D eigenvalue weighted by Crippen LogP contribution is -2.04. The molecule has 0 aliphatic rings.